The van der Waals surface area contributed by atoms with E-state index in [1.54, 1.807) is 21.3 Å². The van der Waals surface area contributed by atoms with Gasteiger partial charge in [0, 0.05) is 27.7 Å². The molecule has 1 aromatic heterocycles. The minimum absolute atomic E-state index is 0.128. The molecule has 2 aromatic carbocycles. The molecule has 4 rings (SSSR count). The van der Waals surface area contributed by atoms with Crippen molar-refractivity contribution in [2.75, 3.05) is 47.6 Å². The Balaban J connectivity index is 1.93. The number of H-pyrrole nitrogens is 1. The maximum Gasteiger partial charge on any atom is 0.203 e. The summed E-state index contributed by atoms with van der Waals surface area (Å²) in [6.07, 6.45) is 0. The molecule has 0 spiro atoms. The van der Waals surface area contributed by atoms with E-state index in [1.807, 2.05) is 0 Å². The average molecular weight is 397 g/mol. The molecular weight excluding hydrogens is 368 g/mol. The van der Waals surface area contributed by atoms with E-state index in [9.17, 15) is 0 Å². The van der Waals surface area contributed by atoms with Crippen molar-refractivity contribution in [2.45, 2.75) is 13.0 Å². The van der Waals surface area contributed by atoms with Crippen LogP contribution >= 0.6 is 0 Å². The lowest BCUT2D eigenvalue weighted by atomic mass is 9.93. The number of fused-ring (bicyclic) bond motifs is 1. The second-order valence-electron chi connectivity index (χ2n) is 7.37. The van der Waals surface area contributed by atoms with Crippen molar-refractivity contribution < 1.29 is 23.8 Å². The van der Waals surface area contributed by atoms with Crippen LogP contribution in [0.2, 0.25) is 0 Å². The monoisotopic (exact) mass is 397 g/mol. The Labute approximate surface area is 171 Å². The first-order valence-electron chi connectivity index (χ1n) is 9.97. The number of rotatable bonds is 6. The lowest BCUT2D eigenvalue weighted by Gasteiger charge is -2.32. The first-order valence-corrected chi connectivity index (χ1v) is 9.97. The normalized spacial score (nSPS) is 16.0. The van der Waals surface area contributed by atoms with Crippen molar-refractivity contribution in [3.8, 4) is 17.2 Å². The molecule has 1 atom stereocenters. The molecular formula is C23H29N2O4+. The number of hydrogen-bond donors (Lipinski definition) is 2. The van der Waals surface area contributed by atoms with Crippen LogP contribution in [0.5, 0.6) is 17.2 Å². The fourth-order valence-electron chi connectivity index (χ4n) is 4.47. The zero-order valence-corrected chi connectivity index (χ0v) is 17.5. The van der Waals surface area contributed by atoms with Crippen LogP contribution in [0.4, 0.5) is 0 Å². The van der Waals surface area contributed by atoms with Gasteiger partial charge in [-0.2, -0.15) is 0 Å². The van der Waals surface area contributed by atoms with Gasteiger partial charge in [-0.15, -0.1) is 0 Å². The first-order chi connectivity index (χ1) is 14.2. The first kappa shape index (κ1) is 19.6. The van der Waals surface area contributed by atoms with Crippen molar-refractivity contribution in [1.82, 2.24) is 4.98 Å². The van der Waals surface area contributed by atoms with E-state index in [0.29, 0.717) is 17.2 Å². The van der Waals surface area contributed by atoms with Crippen molar-refractivity contribution in [3.63, 3.8) is 0 Å². The Morgan fingerprint density at radius 2 is 1.62 bits per heavy atom. The molecule has 1 aliphatic rings. The topological polar surface area (TPSA) is 57.2 Å². The van der Waals surface area contributed by atoms with E-state index in [-0.39, 0.29) is 6.04 Å². The summed E-state index contributed by atoms with van der Waals surface area (Å²) in [5.41, 5.74) is 4.80. The van der Waals surface area contributed by atoms with Gasteiger partial charge in [0.05, 0.1) is 34.5 Å². The summed E-state index contributed by atoms with van der Waals surface area (Å²) < 4.78 is 22.5. The maximum absolute atomic E-state index is 5.65. The van der Waals surface area contributed by atoms with Gasteiger partial charge in [0.1, 0.15) is 19.1 Å². The third kappa shape index (κ3) is 3.54. The number of ether oxygens (including phenoxy) is 4. The molecule has 1 aliphatic heterocycles. The predicted octanol–water partition coefficient (Wildman–Crippen LogP) is 2.51. The van der Waals surface area contributed by atoms with Crippen molar-refractivity contribution in [2.24, 2.45) is 0 Å². The zero-order valence-electron chi connectivity index (χ0n) is 17.5. The van der Waals surface area contributed by atoms with Crippen LogP contribution in [0.15, 0.2) is 36.4 Å². The van der Waals surface area contributed by atoms with E-state index in [4.69, 9.17) is 18.9 Å². The quantitative estimate of drug-likeness (QED) is 0.671. The number of aryl methyl sites for hydroxylation is 1. The molecule has 0 bridgehead atoms. The molecule has 6 nitrogen and oxygen atoms in total. The Kier molecular flexibility index (Phi) is 5.65. The van der Waals surface area contributed by atoms with Gasteiger partial charge in [0.25, 0.3) is 0 Å². The number of para-hydroxylation sites is 1. The number of hydrogen-bond acceptors (Lipinski definition) is 4. The summed E-state index contributed by atoms with van der Waals surface area (Å²) in [5, 5.41) is 1.25. The Morgan fingerprint density at radius 1 is 0.966 bits per heavy atom. The third-order valence-corrected chi connectivity index (χ3v) is 5.80. The van der Waals surface area contributed by atoms with Crippen molar-refractivity contribution >= 4 is 10.9 Å². The molecule has 0 amide bonds. The number of aromatic amines is 1. The highest BCUT2D eigenvalue weighted by Gasteiger charge is 2.33. The standard InChI is InChI=1S/C23H28N2O4/c1-15-21(17-7-5-6-8-18(17)24-15)22(25-9-11-29-12-10-25)16-13-19(26-2)23(28-4)20(14-16)27-3/h5-8,13-14,22,24H,9-12H2,1-4H3/p+1/t22-/m0/s1. The second-order valence-corrected chi connectivity index (χ2v) is 7.37. The highest BCUT2D eigenvalue weighted by molar-refractivity contribution is 5.85. The SMILES string of the molecule is COc1cc([C@@H](c2c(C)[nH]c3ccccc23)[NH+]2CCOCC2)cc(OC)c1OC. The number of aromatic nitrogens is 1. The van der Waals surface area contributed by atoms with Crippen LogP contribution in [0, 0.1) is 6.92 Å². The highest BCUT2D eigenvalue weighted by Crippen LogP contribution is 2.41. The molecule has 3 aromatic rings. The van der Waals surface area contributed by atoms with Crippen molar-refractivity contribution in [3.05, 3.63) is 53.2 Å². The molecule has 154 valence electrons. The number of morpholine rings is 1. The lowest BCUT2D eigenvalue weighted by molar-refractivity contribution is -0.933. The van der Waals surface area contributed by atoms with Gasteiger partial charge in [0.15, 0.2) is 11.5 Å². The minimum atomic E-state index is 0.128. The minimum Gasteiger partial charge on any atom is -0.493 e. The molecule has 1 fully saturated rings. The van der Waals surface area contributed by atoms with Crippen molar-refractivity contribution in [1.29, 1.82) is 0 Å². The summed E-state index contributed by atoms with van der Waals surface area (Å²) in [6, 6.07) is 12.8. The molecule has 0 radical (unpaired) electrons. The summed E-state index contributed by atoms with van der Waals surface area (Å²) >= 11 is 0. The van der Waals surface area contributed by atoms with Crippen LogP contribution in [0.1, 0.15) is 22.9 Å². The van der Waals surface area contributed by atoms with Gasteiger partial charge in [-0.3, -0.25) is 0 Å². The molecule has 6 heteroatoms. The highest BCUT2D eigenvalue weighted by atomic mass is 16.5. The average Bonchev–Trinajstić information content (AvgIpc) is 3.09. The molecule has 0 unspecified atom stereocenters. The molecule has 2 N–H and O–H groups in total. The van der Waals surface area contributed by atoms with Gasteiger partial charge in [0.2, 0.25) is 5.75 Å². The van der Waals surface area contributed by atoms with Gasteiger partial charge in [-0.05, 0) is 25.1 Å². The van der Waals surface area contributed by atoms with Crippen LogP contribution in [0.3, 0.4) is 0 Å². The van der Waals surface area contributed by atoms with Gasteiger partial charge in [-0.1, -0.05) is 18.2 Å². The van der Waals surface area contributed by atoms with Crippen LogP contribution in [-0.2, 0) is 4.74 Å². The number of quaternary nitrogens is 1. The van der Waals surface area contributed by atoms with E-state index in [2.05, 4.69) is 48.3 Å². The maximum atomic E-state index is 5.65. The molecule has 0 aliphatic carbocycles. The van der Waals surface area contributed by atoms with E-state index in [1.165, 1.54) is 21.5 Å². The molecule has 0 saturated carbocycles. The van der Waals surface area contributed by atoms with E-state index in [0.717, 1.165) is 37.4 Å². The lowest BCUT2D eigenvalue weighted by Crippen LogP contribution is -3.14. The summed E-state index contributed by atoms with van der Waals surface area (Å²) in [5.74, 6) is 1.97. The Morgan fingerprint density at radius 3 is 2.24 bits per heavy atom. The Hall–Kier alpha value is -2.70. The van der Waals surface area contributed by atoms with E-state index >= 15 is 0 Å². The zero-order chi connectivity index (χ0) is 20.4. The van der Waals surface area contributed by atoms with Crippen LogP contribution in [0.25, 0.3) is 10.9 Å². The summed E-state index contributed by atoms with van der Waals surface area (Å²) in [6.45, 7) is 5.57. The number of benzene rings is 2. The van der Waals surface area contributed by atoms with Gasteiger partial charge < -0.3 is 28.8 Å². The molecule has 29 heavy (non-hydrogen) atoms. The second kappa shape index (κ2) is 8.35. The summed E-state index contributed by atoms with van der Waals surface area (Å²) in [7, 11) is 4.96. The summed E-state index contributed by atoms with van der Waals surface area (Å²) in [4.78, 5) is 5.04. The van der Waals surface area contributed by atoms with Crippen LogP contribution in [-0.4, -0.2) is 52.6 Å². The third-order valence-electron chi connectivity index (χ3n) is 5.80. The molecule has 1 saturated heterocycles. The number of nitrogens with one attached hydrogen (secondary N) is 2. The van der Waals surface area contributed by atoms with Crippen LogP contribution < -0.4 is 19.1 Å². The largest absolute Gasteiger partial charge is 0.493 e. The van der Waals surface area contributed by atoms with Gasteiger partial charge >= 0.3 is 0 Å². The Bertz CT molecular complexity index is 967. The fraction of sp³-hybridized carbons (Fsp3) is 0.391. The fourth-order valence-corrected chi connectivity index (χ4v) is 4.47. The number of methoxy groups -OCH3 is 3. The van der Waals surface area contributed by atoms with E-state index < -0.39 is 0 Å². The smallest absolute Gasteiger partial charge is 0.203 e. The molecule has 2 heterocycles. The van der Waals surface area contributed by atoms with Gasteiger partial charge in [-0.25, -0.2) is 0 Å². The predicted molar refractivity (Wildman–Crippen MR) is 112 cm³/mol.